The summed E-state index contributed by atoms with van der Waals surface area (Å²) in [4.78, 5) is 28.4. The van der Waals surface area contributed by atoms with Gasteiger partial charge in [0.1, 0.15) is 5.75 Å². The molecule has 29 heavy (non-hydrogen) atoms. The Morgan fingerprint density at radius 2 is 1.79 bits per heavy atom. The molecule has 1 aliphatic heterocycles. The third kappa shape index (κ3) is 3.76. The summed E-state index contributed by atoms with van der Waals surface area (Å²) in [7, 11) is 1.62. The van der Waals surface area contributed by atoms with Crippen molar-refractivity contribution in [2.24, 2.45) is 5.41 Å². The zero-order valence-electron chi connectivity index (χ0n) is 16.9. The van der Waals surface area contributed by atoms with Crippen molar-refractivity contribution in [1.82, 2.24) is 0 Å². The molecule has 1 amide bonds. The van der Waals surface area contributed by atoms with Crippen LogP contribution in [-0.4, -0.2) is 18.8 Å². The number of rotatable bonds is 3. The number of benzene rings is 2. The summed E-state index contributed by atoms with van der Waals surface area (Å²) < 4.78 is 6.32. The van der Waals surface area contributed by atoms with E-state index in [0.29, 0.717) is 12.8 Å². The van der Waals surface area contributed by atoms with Crippen LogP contribution >= 0.6 is 15.9 Å². The van der Waals surface area contributed by atoms with Crippen molar-refractivity contribution in [1.29, 1.82) is 0 Å². The number of carbonyl (C=O) groups excluding carboxylic acids is 2. The molecule has 2 aliphatic rings. The van der Waals surface area contributed by atoms with Gasteiger partial charge in [0.2, 0.25) is 5.91 Å². The monoisotopic (exact) mass is 453 g/mol. The Balaban J connectivity index is 1.88. The fraction of sp³-hybridized carbons (Fsp3) is 0.333. The number of ether oxygens (including phenoxy) is 1. The van der Waals surface area contributed by atoms with Crippen molar-refractivity contribution in [2.75, 3.05) is 12.0 Å². The number of Topliss-reactive ketones (excluding diaryl/α,β-unsaturated/α-hetero) is 1. The minimum Gasteiger partial charge on any atom is -0.497 e. The van der Waals surface area contributed by atoms with E-state index in [1.165, 1.54) is 0 Å². The first-order chi connectivity index (χ1) is 13.8. The van der Waals surface area contributed by atoms with Gasteiger partial charge in [0.05, 0.1) is 7.11 Å². The minimum atomic E-state index is -0.233. The van der Waals surface area contributed by atoms with E-state index in [9.17, 15) is 9.59 Å². The molecule has 5 heteroatoms. The fourth-order valence-corrected chi connectivity index (χ4v) is 4.71. The molecular formula is C24H24BrNO3. The van der Waals surface area contributed by atoms with Crippen LogP contribution in [0.2, 0.25) is 0 Å². The maximum Gasteiger partial charge on any atom is 0.232 e. The Labute approximate surface area is 179 Å². The molecule has 4 rings (SSSR count). The van der Waals surface area contributed by atoms with Crippen LogP contribution in [-0.2, 0) is 9.59 Å². The first-order valence-electron chi connectivity index (χ1n) is 9.78. The predicted molar refractivity (Wildman–Crippen MR) is 117 cm³/mol. The Kier molecular flexibility index (Phi) is 5.11. The molecule has 0 spiro atoms. The first-order valence-corrected chi connectivity index (χ1v) is 10.6. The molecule has 1 heterocycles. The lowest BCUT2D eigenvalue weighted by Crippen LogP contribution is -2.43. The molecule has 0 fully saturated rings. The molecule has 2 aromatic carbocycles. The summed E-state index contributed by atoms with van der Waals surface area (Å²) in [6.45, 7) is 4.18. The number of hydrogen-bond donors (Lipinski definition) is 0. The molecule has 1 atom stereocenters. The average Bonchev–Trinajstić information content (AvgIpc) is 2.67. The van der Waals surface area contributed by atoms with Crippen molar-refractivity contribution >= 4 is 33.3 Å². The zero-order chi connectivity index (χ0) is 20.8. The van der Waals surface area contributed by atoms with Gasteiger partial charge in [0.25, 0.3) is 0 Å². The van der Waals surface area contributed by atoms with E-state index in [1.807, 2.05) is 48.5 Å². The average molecular weight is 454 g/mol. The van der Waals surface area contributed by atoms with Crippen LogP contribution in [0.3, 0.4) is 0 Å². The second-order valence-corrected chi connectivity index (χ2v) is 9.46. The SMILES string of the molecule is COc1cccc(C2CC(=O)N(c3ccc(Br)cc3)C3=C2C(=O)CC(C)(C)C3)c1. The molecule has 0 radical (unpaired) electrons. The number of carbonyl (C=O) groups is 2. The van der Waals surface area contributed by atoms with Crippen molar-refractivity contribution in [3.05, 3.63) is 69.8 Å². The lowest BCUT2D eigenvalue weighted by Gasteiger charge is -2.43. The Bertz CT molecular complexity index is 1010. The van der Waals surface area contributed by atoms with E-state index in [1.54, 1.807) is 12.0 Å². The molecule has 2 aromatic rings. The quantitative estimate of drug-likeness (QED) is 0.605. The molecule has 0 saturated heterocycles. The molecule has 0 aromatic heterocycles. The number of anilines is 1. The standard InChI is InChI=1S/C24H24BrNO3/c1-24(2)13-20-23(21(27)14-24)19(15-5-4-6-18(11-15)29-3)12-22(28)26(20)17-9-7-16(25)8-10-17/h4-11,19H,12-14H2,1-3H3. The summed E-state index contributed by atoms with van der Waals surface area (Å²) in [5.74, 6) is 0.655. The third-order valence-corrected chi connectivity index (χ3v) is 6.25. The van der Waals surface area contributed by atoms with E-state index in [2.05, 4.69) is 29.8 Å². The predicted octanol–water partition coefficient (Wildman–Crippen LogP) is 5.62. The van der Waals surface area contributed by atoms with Crippen molar-refractivity contribution in [3.8, 4) is 5.75 Å². The molecule has 0 bridgehead atoms. The molecule has 4 nitrogen and oxygen atoms in total. The summed E-state index contributed by atoms with van der Waals surface area (Å²) in [6.07, 6.45) is 1.46. The number of halogens is 1. The number of allylic oxidation sites excluding steroid dienone is 2. The maximum absolute atomic E-state index is 13.3. The molecule has 150 valence electrons. The number of amides is 1. The number of methoxy groups -OCH3 is 1. The largest absolute Gasteiger partial charge is 0.497 e. The second-order valence-electron chi connectivity index (χ2n) is 8.54. The van der Waals surface area contributed by atoms with Gasteiger partial charge in [-0.1, -0.05) is 41.9 Å². The van der Waals surface area contributed by atoms with E-state index in [-0.39, 0.29) is 29.4 Å². The Hall–Kier alpha value is -2.40. The van der Waals surface area contributed by atoms with E-state index >= 15 is 0 Å². The van der Waals surface area contributed by atoms with Gasteiger partial charge < -0.3 is 4.74 Å². The molecule has 1 unspecified atom stereocenters. The first kappa shape index (κ1) is 19.9. The van der Waals surface area contributed by atoms with Crippen LogP contribution in [0, 0.1) is 5.41 Å². The summed E-state index contributed by atoms with van der Waals surface area (Å²) >= 11 is 3.45. The number of nitrogens with zero attached hydrogens (tertiary/aromatic N) is 1. The van der Waals surface area contributed by atoms with E-state index in [0.717, 1.165) is 32.7 Å². The molecule has 0 saturated carbocycles. The van der Waals surface area contributed by atoms with Crippen LogP contribution in [0.25, 0.3) is 0 Å². The van der Waals surface area contributed by atoms with Gasteiger partial charge >= 0.3 is 0 Å². The normalized spacial score (nSPS) is 21.2. The van der Waals surface area contributed by atoms with Crippen molar-refractivity contribution < 1.29 is 14.3 Å². The molecular weight excluding hydrogens is 430 g/mol. The van der Waals surface area contributed by atoms with Gasteiger partial charge in [-0.15, -0.1) is 0 Å². The topological polar surface area (TPSA) is 46.6 Å². The van der Waals surface area contributed by atoms with Gasteiger partial charge in [-0.3, -0.25) is 14.5 Å². The van der Waals surface area contributed by atoms with Gasteiger partial charge in [-0.2, -0.15) is 0 Å². The fourth-order valence-electron chi connectivity index (χ4n) is 4.45. The lowest BCUT2D eigenvalue weighted by molar-refractivity contribution is -0.121. The van der Waals surface area contributed by atoms with Gasteiger partial charge in [0, 0.05) is 40.2 Å². The summed E-state index contributed by atoms with van der Waals surface area (Å²) in [5.41, 5.74) is 3.20. The Morgan fingerprint density at radius 3 is 2.48 bits per heavy atom. The van der Waals surface area contributed by atoms with Gasteiger partial charge in [0.15, 0.2) is 5.78 Å². The summed E-state index contributed by atoms with van der Waals surface area (Å²) in [5, 5.41) is 0. The number of ketones is 1. The minimum absolute atomic E-state index is 0.0180. The lowest BCUT2D eigenvalue weighted by atomic mass is 9.69. The van der Waals surface area contributed by atoms with Crippen molar-refractivity contribution in [3.63, 3.8) is 0 Å². The van der Waals surface area contributed by atoms with Crippen LogP contribution in [0.5, 0.6) is 5.75 Å². The third-order valence-electron chi connectivity index (χ3n) is 5.72. The zero-order valence-corrected chi connectivity index (χ0v) is 18.5. The van der Waals surface area contributed by atoms with Gasteiger partial charge in [-0.05, 0) is 53.8 Å². The van der Waals surface area contributed by atoms with E-state index in [4.69, 9.17) is 4.74 Å². The van der Waals surface area contributed by atoms with Gasteiger partial charge in [-0.25, -0.2) is 0 Å². The van der Waals surface area contributed by atoms with Crippen LogP contribution in [0.4, 0.5) is 5.69 Å². The second kappa shape index (κ2) is 7.45. The smallest absolute Gasteiger partial charge is 0.232 e. The van der Waals surface area contributed by atoms with E-state index < -0.39 is 0 Å². The van der Waals surface area contributed by atoms with Crippen LogP contribution < -0.4 is 9.64 Å². The molecule has 1 aliphatic carbocycles. The highest BCUT2D eigenvalue weighted by Crippen LogP contribution is 2.48. The molecule has 0 N–H and O–H groups in total. The highest BCUT2D eigenvalue weighted by molar-refractivity contribution is 9.10. The van der Waals surface area contributed by atoms with Crippen LogP contribution in [0.15, 0.2) is 64.3 Å². The highest BCUT2D eigenvalue weighted by Gasteiger charge is 2.44. The van der Waals surface area contributed by atoms with Crippen LogP contribution in [0.1, 0.15) is 44.6 Å². The summed E-state index contributed by atoms with van der Waals surface area (Å²) in [6, 6.07) is 15.4. The maximum atomic E-state index is 13.3. The number of hydrogen-bond acceptors (Lipinski definition) is 3. The highest BCUT2D eigenvalue weighted by atomic mass is 79.9. The Morgan fingerprint density at radius 1 is 1.07 bits per heavy atom. The van der Waals surface area contributed by atoms with Crippen molar-refractivity contribution in [2.45, 2.75) is 39.0 Å².